The van der Waals surface area contributed by atoms with Crippen molar-refractivity contribution in [3.05, 3.63) is 88.8 Å². The number of imide groups is 2. The van der Waals surface area contributed by atoms with Crippen LogP contribution in [0, 0.1) is 13.8 Å². The van der Waals surface area contributed by atoms with Crippen molar-refractivity contribution in [2.45, 2.75) is 27.2 Å². The highest BCUT2D eigenvalue weighted by atomic mass is 16.2. The fraction of sp³-hybridized carbons (Fsp3) is 0.160. The Balaban J connectivity index is 1.79. The van der Waals surface area contributed by atoms with Crippen molar-refractivity contribution in [3.63, 3.8) is 0 Å². The summed E-state index contributed by atoms with van der Waals surface area (Å²) in [6.45, 7) is 6.05. The van der Waals surface area contributed by atoms with E-state index in [9.17, 15) is 14.4 Å². The van der Waals surface area contributed by atoms with Crippen LogP contribution in [0.15, 0.2) is 66.2 Å². The van der Waals surface area contributed by atoms with E-state index in [1.165, 1.54) is 5.56 Å². The summed E-state index contributed by atoms with van der Waals surface area (Å²) in [5.41, 5.74) is 5.27. The van der Waals surface area contributed by atoms with Gasteiger partial charge in [0, 0.05) is 17.1 Å². The predicted octanol–water partition coefficient (Wildman–Crippen LogP) is 4.32. The third-order valence-electron chi connectivity index (χ3n) is 5.50. The Morgan fingerprint density at radius 1 is 0.935 bits per heavy atom. The van der Waals surface area contributed by atoms with Gasteiger partial charge in [0.25, 0.3) is 11.8 Å². The zero-order chi connectivity index (χ0) is 22.1. The van der Waals surface area contributed by atoms with E-state index >= 15 is 0 Å². The third-order valence-corrected chi connectivity index (χ3v) is 5.50. The number of para-hydroxylation sites is 2. The molecule has 4 rings (SSSR count). The van der Waals surface area contributed by atoms with E-state index in [1.807, 2.05) is 32.0 Å². The minimum Gasteiger partial charge on any atom is -0.318 e. The highest BCUT2D eigenvalue weighted by molar-refractivity contribution is 6.39. The highest BCUT2D eigenvalue weighted by Crippen LogP contribution is 2.27. The Morgan fingerprint density at radius 2 is 1.61 bits per heavy atom. The summed E-state index contributed by atoms with van der Waals surface area (Å²) >= 11 is 0. The van der Waals surface area contributed by atoms with Crippen LogP contribution in [0.25, 0.3) is 11.8 Å². The number of carbonyl (C=O) groups excluding carboxylic acids is 3. The molecule has 1 aliphatic heterocycles. The second-order valence-corrected chi connectivity index (χ2v) is 7.44. The number of hydrogen-bond acceptors (Lipinski definition) is 3. The Labute approximate surface area is 180 Å². The molecular formula is C25H23N3O3. The fourth-order valence-corrected chi connectivity index (χ4v) is 3.96. The number of anilines is 1. The molecule has 2 aromatic carbocycles. The van der Waals surface area contributed by atoms with Crippen LogP contribution in [0.4, 0.5) is 10.5 Å². The number of urea groups is 1. The van der Waals surface area contributed by atoms with Gasteiger partial charge in [-0.2, -0.15) is 0 Å². The van der Waals surface area contributed by atoms with Gasteiger partial charge in [-0.3, -0.25) is 14.9 Å². The van der Waals surface area contributed by atoms with E-state index in [0.29, 0.717) is 5.69 Å². The first-order chi connectivity index (χ1) is 14.9. The molecule has 0 saturated carbocycles. The lowest BCUT2D eigenvalue weighted by molar-refractivity contribution is -0.122. The summed E-state index contributed by atoms with van der Waals surface area (Å²) in [7, 11) is 0. The molecule has 1 aromatic heterocycles. The topological polar surface area (TPSA) is 71.4 Å². The van der Waals surface area contributed by atoms with Gasteiger partial charge in [0.1, 0.15) is 5.57 Å². The molecule has 1 fully saturated rings. The smallest absolute Gasteiger partial charge is 0.318 e. The van der Waals surface area contributed by atoms with Crippen LogP contribution in [-0.4, -0.2) is 22.4 Å². The molecule has 0 spiro atoms. The molecule has 0 unspecified atom stereocenters. The van der Waals surface area contributed by atoms with Crippen LogP contribution in [0.1, 0.15) is 29.4 Å². The first kappa shape index (κ1) is 20.3. The number of aromatic nitrogens is 1. The number of nitrogens with one attached hydrogen (secondary N) is 1. The lowest BCUT2D eigenvalue weighted by atomic mass is 10.1. The number of barbiturate groups is 1. The molecule has 2 heterocycles. The van der Waals surface area contributed by atoms with Crippen LogP contribution in [-0.2, 0) is 16.0 Å². The highest BCUT2D eigenvalue weighted by Gasteiger charge is 2.36. The summed E-state index contributed by atoms with van der Waals surface area (Å²) in [6, 6.07) is 17.9. The zero-order valence-corrected chi connectivity index (χ0v) is 17.7. The van der Waals surface area contributed by atoms with Crippen molar-refractivity contribution in [2.75, 3.05) is 4.90 Å². The van der Waals surface area contributed by atoms with E-state index in [1.54, 1.807) is 36.4 Å². The van der Waals surface area contributed by atoms with Crippen molar-refractivity contribution in [2.24, 2.45) is 0 Å². The average molecular weight is 413 g/mol. The maximum absolute atomic E-state index is 13.1. The second-order valence-electron chi connectivity index (χ2n) is 7.44. The molecule has 156 valence electrons. The van der Waals surface area contributed by atoms with E-state index in [-0.39, 0.29) is 5.57 Å². The van der Waals surface area contributed by atoms with Gasteiger partial charge in [-0.15, -0.1) is 0 Å². The van der Waals surface area contributed by atoms with E-state index in [0.717, 1.165) is 34.0 Å². The molecule has 6 nitrogen and oxygen atoms in total. The Morgan fingerprint density at radius 3 is 2.32 bits per heavy atom. The minimum atomic E-state index is -0.749. The zero-order valence-electron chi connectivity index (χ0n) is 17.7. The lowest BCUT2D eigenvalue weighted by Crippen LogP contribution is -2.54. The number of hydrogen-bond donors (Lipinski definition) is 1. The monoisotopic (exact) mass is 413 g/mol. The quantitative estimate of drug-likeness (QED) is 0.511. The van der Waals surface area contributed by atoms with Gasteiger partial charge in [-0.05, 0) is 61.7 Å². The van der Waals surface area contributed by atoms with Crippen LogP contribution in [0.5, 0.6) is 0 Å². The Bertz CT molecular complexity index is 1220. The predicted molar refractivity (Wildman–Crippen MR) is 120 cm³/mol. The minimum absolute atomic E-state index is 0.0764. The van der Waals surface area contributed by atoms with Crippen molar-refractivity contribution >= 4 is 29.6 Å². The standard InChI is InChI=1S/C25H23N3O3/c1-4-18-10-8-9-13-22(18)27-16(2)14-19(17(27)3)15-21-23(29)26-25(31)28(24(21)30)20-11-6-5-7-12-20/h5-15H,4H2,1-3H3,(H,26,29,31)/b21-15-. The van der Waals surface area contributed by atoms with E-state index < -0.39 is 17.8 Å². The summed E-state index contributed by atoms with van der Waals surface area (Å²) in [5.74, 6) is -1.33. The van der Waals surface area contributed by atoms with Crippen molar-refractivity contribution in [1.29, 1.82) is 0 Å². The van der Waals surface area contributed by atoms with Gasteiger partial charge in [-0.25, -0.2) is 9.69 Å². The molecule has 1 saturated heterocycles. The molecule has 3 aromatic rings. The molecular weight excluding hydrogens is 390 g/mol. The maximum atomic E-state index is 13.1. The van der Waals surface area contributed by atoms with Crippen molar-refractivity contribution in [1.82, 2.24) is 9.88 Å². The van der Waals surface area contributed by atoms with E-state index in [2.05, 4.69) is 28.9 Å². The maximum Gasteiger partial charge on any atom is 0.335 e. The van der Waals surface area contributed by atoms with Crippen molar-refractivity contribution in [3.8, 4) is 5.69 Å². The average Bonchev–Trinajstić information content (AvgIpc) is 3.04. The largest absolute Gasteiger partial charge is 0.335 e. The van der Waals surface area contributed by atoms with Gasteiger partial charge in [0.15, 0.2) is 0 Å². The van der Waals surface area contributed by atoms with Gasteiger partial charge in [0.05, 0.1) is 5.69 Å². The number of rotatable bonds is 4. The first-order valence-corrected chi connectivity index (χ1v) is 10.2. The molecule has 6 heteroatoms. The van der Waals surface area contributed by atoms with Gasteiger partial charge < -0.3 is 4.57 Å². The van der Waals surface area contributed by atoms with Crippen LogP contribution in [0.2, 0.25) is 0 Å². The van der Waals surface area contributed by atoms with Gasteiger partial charge >= 0.3 is 6.03 Å². The Kier molecular flexibility index (Phi) is 5.29. The number of benzene rings is 2. The molecule has 31 heavy (non-hydrogen) atoms. The summed E-state index contributed by atoms with van der Waals surface area (Å²) in [6.07, 6.45) is 2.45. The van der Waals surface area contributed by atoms with Crippen LogP contribution < -0.4 is 10.2 Å². The van der Waals surface area contributed by atoms with E-state index in [4.69, 9.17) is 0 Å². The van der Waals surface area contributed by atoms with Crippen LogP contribution in [0.3, 0.4) is 0 Å². The van der Waals surface area contributed by atoms with Gasteiger partial charge in [-0.1, -0.05) is 43.3 Å². The number of aryl methyl sites for hydroxylation is 2. The molecule has 0 radical (unpaired) electrons. The van der Waals surface area contributed by atoms with Crippen molar-refractivity contribution < 1.29 is 14.4 Å². The summed E-state index contributed by atoms with van der Waals surface area (Å²) in [5, 5.41) is 2.27. The first-order valence-electron chi connectivity index (χ1n) is 10.2. The molecule has 0 aliphatic carbocycles. The van der Waals surface area contributed by atoms with Gasteiger partial charge in [0.2, 0.25) is 0 Å². The normalized spacial score (nSPS) is 15.5. The number of amides is 4. The number of carbonyl (C=O) groups is 3. The fourth-order valence-electron chi connectivity index (χ4n) is 3.96. The second kappa shape index (κ2) is 8.07. The number of nitrogens with zero attached hydrogens (tertiary/aromatic N) is 2. The van der Waals surface area contributed by atoms with Crippen LogP contribution >= 0.6 is 0 Å². The SMILES string of the molecule is CCc1ccccc1-n1c(C)cc(/C=C2/C(=O)NC(=O)N(c3ccccc3)C2=O)c1C. The molecule has 1 N–H and O–H groups in total. The summed E-state index contributed by atoms with van der Waals surface area (Å²) < 4.78 is 2.12. The molecule has 0 bridgehead atoms. The summed E-state index contributed by atoms with van der Waals surface area (Å²) in [4.78, 5) is 38.9. The Hall–Kier alpha value is -3.93. The molecule has 0 atom stereocenters. The molecule has 4 amide bonds. The third kappa shape index (κ3) is 3.57. The molecule has 1 aliphatic rings. The lowest BCUT2D eigenvalue weighted by Gasteiger charge is -2.26.